The van der Waals surface area contributed by atoms with Crippen LogP contribution in [-0.2, 0) is 16.0 Å². The van der Waals surface area contributed by atoms with Gasteiger partial charge in [-0.15, -0.1) is 0 Å². The molecule has 1 aromatic carbocycles. The molecule has 8 heteroatoms. The van der Waals surface area contributed by atoms with Gasteiger partial charge in [0.2, 0.25) is 5.91 Å². The molecule has 0 radical (unpaired) electrons. The second-order valence-corrected chi connectivity index (χ2v) is 9.50. The molecule has 0 aliphatic carbocycles. The van der Waals surface area contributed by atoms with E-state index in [-0.39, 0.29) is 12.0 Å². The predicted molar refractivity (Wildman–Crippen MR) is 127 cm³/mol. The van der Waals surface area contributed by atoms with Gasteiger partial charge < -0.3 is 19.4 Å². The highest BCUT2D eigenvalue weighted by molar-refractivity contribution is 5.76. The molecule has 1 aliphatic rings. The molecule has 33 heavy (non-hydrogen) atoms. The predicted octanol–water partition coefficient (Wildman–Crippen LogP) is 3.64. The molecule has 2 heterocycles. The molecule has 2 aromatic rings. The van der Waals surface area contributed by atoms with E-state index in [0.29, 0.717) is 38.4 Å². The maximum atomic E-state index is 12.2. The Bertz CT molecular complexity index is 909. The lowest BCUT2D eigenvalue weighted by molar-refractivity contribution is -0.121. The molecule has 0 saturated carbocycles. The van der Waals surface area contributed by atoms with Crippen molar-refractivity contribution in [1.29, 1.82) is 0 Å². The number of nitrogens with one attached hydrogen (secondary N) is 1. The minimum absolute atomic E-state index is 0.000157. The third-order valence-electron chi connectivity index (χ3n) is 5.45. The molecule has 1 fully saturated rings. The highest BCUT2D eigenvalue weighted by atomic mass is 16.6. The summed E-state index contributed by atoms with van der Waals surface area (Å²) in [6.45, 7) is 12.2. The quantitative estimate of drug-likeness (QED) is 0.610. The Kier molecular flexibility index (Phi) is 8.49. The van der Waals surface area contributed by atoms with Crippen molar-refractivity contribution in [2.24, 2.45) is 0 Å². The molecule has 3 rings (SSSR count). The van der Waals surface area contributed by atoms with Crippen LogP contribution >= 0.6 is 0 Å². The first kappa shape index (κ1) is 24.8. The second kappa shape index (κ2) is 11.3. The number of aryl methyl sites for hydroxylation is 2. The van der Waals surface area contributed by atoms with E-state index in [1.165, 1.54) is 5.56 Å². The van der Waals surface area contributed by atoms with E-state index >= 15 is 0 Å². The van der Waals surface area contributed by atoms with Crippen LogP contribution in [-0.4, -0.2) is 71.7 Å². The van der Waals surface area contributed by atoms with E-state index in [1.807, 2.05) is 52.0 Å². The summed E-state index contributed by atoms with van der Waals surface area (Å²) >= 11 is 0. The van der Waals surface area contributed by atoms with Crippen LogP contribution in [0, 0.1) is 6.92 Å². The molecule has 8 nitrogen and oxygen atoms in total. The van der Waals surface area contributed by atoms with Crippen molar-refractivity contribution in [2.75, 3.05) is 39.3 Å². The van der Waals surface area contributed by atoms with E-state index in [2.05, 4.69) is 15.2 Å². The molecule has 0 atom stereocenters. The number of aromatic nitrogens is 1. The van der Waals surface area contributed by atoms with Crippen molar-refractivity contribution in [3.63, 3.8) is 0 Å². The molecule has 1 N–H and O–H groups in total. The Morgan fingerprint density at radius 2 is 1.82 bits per heavy atom. The number of rotatable bonds is 8. The van der Waals surface area contributed by atoms with Crippen LogP contribution in [0.15, 0.2) is 34.9 Å². The first-order valence-corrected chi connectivity index (χ1v) is 11.7. The fourth-order valence-corrected chi connectivity index (χ4v) is 3.60. The molecule has 0 spiro atoms. The number of hydrogen-bond donors (Lipinski definition) is 1. The Morgan fingerprint density at radius 3 is 2.48 bits per heavy atom. The minimum atomic E-state index is -0.469. The van der Waals surface area contributed by atoms with E-state index < -0.39 is 5.60 Å². The molecule has 1 aliphatic heterocycles. The fourth-order valence-electron chi connectivity index (χ4n) is 3.60. The number of oxazole rings is 1. The number of carbonyl (C=O) groups is 2. The van der Waals surface area contributed by atoms with Crippen LogP contribution < -0.4 is 5.32 Å². The van der Waals surface area contributed by atoms with Crippen LogP contribution in [0.5, 0.6) is 0 Å². The van der Waals surface area contributed by atoms with Crippen LogP contribution in [0.4, 0.5) is 4.79 Å². The van der Waals surface area contributed by atoms with Crippen LogP contribution in [0.2, 0.25) is 0 Å². The highest BCUT2D eigenvalue weighted by Crippen LogP contribution is 2.21. The van der Waals surface area contributed by atoms with E-state index in [9.17, 15) is 9.59 Å². The Hall–Kier alpha value is -2.87. The summed E-state index contributed by atoms with van der Waals surface area (Å²) in [4.78, 5) is 32.7. The molecule has 1 aromatic heterocycles. The maximum Gasteiger partial charge on any atom is 0.410 e. The minimum Gasteiger partial charge on any atom is -0.444 e. The Labute approximate surface area is 196 Å². The summed E-state index contributed by atoms with van der Waals surface area (Å²) in [7, 11) is 0. The molecular formula is C25H36N4O4. The highest BCUT2D eigenvalue weighted by Gasteiger charge is 2.25. The van der Waals surface area contributed by atoms with Gasteiger partial charge in [0.05, 0.1) is 6.20 Å². The maximum absolute atomic E-state index is 12.2. The van der Waals surface area contributed by atoms with Gasteiger partial charge in [0, 0.05) is 51.1 Å². The fraction of sp³-hybridized carbons (Fsp3) is 0.560. The summed E-state index contributed by atoms with van der Waals surface area (Å²) in [5, 5.41) is 2.97. The van der Waals surface area contributed by atoms with Gasteiger partial charge in [-0.25, -0.2) is 9.78 Å². The Morgan fingerprint density at radius 1 is 1.12 bits per heavy atom. The van der Waals surface area contributed by atoms with Crippen molar-refractivity contribution < 1.29 is 18.7 Å². The van der Waals surface area contributed by atoms with Gasteiger partial charge in [0.15, 0.2) is 11.7 Å². The van der Waals surface area contributed by atoms with Gasteiger partial charge in [-0.1, -0.05) is 29.8 Å². The molecule has 0 bridgehead atoms. The molecule has 0 unspecified atom stereocenters. The number of ether oxygens (including phenoxy) is 1. The largest absolute Gasteiger partial charge is 0.444 e. The number of amides is 2. The standard InChI is InChI=1S/C25H36N4O4/c1-19-6-8-20(9-7-19)21-18-27-23(32-21)11-10-22(30)26-12-5-13-28-14-16-29(17-15-28)24(31)33-25(2,3)4/h6-9,18H,5,10-17H2,1-4H3,(H,26,30). The van der Waals surface area contributed by atoms with Crippen molar-refractivity contribution in [3.8, 4) is 11.3 Å². The van der Waals surface area contributed by atoms with Crippen molar-refractivity contribution >= 4 is 12.0 Å². The SMILES string of the molecule is Cc1ccc(-c2cnc(CCC(=O)NCCCN3CCN(C(=O)OC(C)(C)C)CC3)o2)cc1. The summed E-state index contributed by atoms with van der Waals surface area (Å²) in [5.74, 6) is 1.29. The number of carbonyl (C=O) groups excluding carboxylic acids is 2. The second-order valence-electron chi connectivity index (χ2n) is 9.50. The zero-order valence-corrected chi connectivity index (χ0v) is 20.2. The number of nitrogens with zero attached hydrogens (tertiary/aromatic N) is 3. The van der Waals surface area contributed by atoms with Crippen molar-refractivity contribution in [2.45, 2.75) is 52.6 Å². The van der Waals surface area contributed by atoms with E-state index in [1.54, 1.807) is 11.1 Å². The average molecular weight is 457 g/mol. The van der Waals surface area contributed by atoms with Crippen molar-refractivity contribution in [1.82, 2.24) is 20.1 Å². The van der Waals surface area contributed by atoms with Crippen molar-refractivity contribution in [3.05, 3.63) is 41.9 Å². The first-order chi connectivity index (χ1) is 15.7. The van der Waals surface area contributed by atoms with Gasteiger partial charge in [-0.3, -0.25) is 9.69 Å². The summed E-state index contributed by atoms with van der Waals surface area (Å²) in [6, 6.07) is 8.07. The average Bonchev–Trinajstić information content (AvgIpc) is 3.24. The van der Waals surface area contributed by atoms with Crippen LogP contribution in [0.1, 0.15) is 45.1 Å². The van der Waals surface area contributed by atoms with Gasteiger partial charge >= 0.3 is 6.09 Å². The zero-order valence-electron chi connectivity index (χ0n) is 20.2. The number of benzene rings is 1. The van der Waals surface area contributed by atoms with Crippen LogP contribution in [0.25, 0.3) is 11.3 Å². The molecular weight excluding hydrogens is 420 g/mol. The molecule has 1 saturated heterocycles. The zero-order chi connectivity index (χ0) is 23.8. The van der Waals surface area contributed by atoms with Crippen LogP contribution in [0.3, 0.4) is 0 Å². The summed E-state index contributed by atoms with van der Waals surface area (Å²) in [6.07, 6.45) is 3.16. The molecule has 2 amide bonds. The number of hydrogen-bond acceptors (Lipinski definition) is 6. The van der Waals surface area contributed by atoms with Gasteiger partial charge in [-0.05, 0) is 40.7 Å². The number of piperazine rings is 1. The third kappa shape index (κ3) is 8.20. The lowest BCUT2D eigenvalue weighted by Gasteiger charge is -2.35. The van der Waals surface area contributed by atoms with E-state index in [0.717, 1.165) is 37.4 Å². The van der Waals surface area contributed by atoms with Gasteiger partial charge in [0.25, 0.3) is 0 Å². The first-order valence-electron chi connectivity index (χ1n) is 11.7. The van der Waals surface area contributed by atoms with Gasteiger partial charge in [-0.2, -0.15) is 0 Å². The normalized spacial score (nSPS) is 14.8. The smallest absolute Gasteiger partial charge is 0.410 e. The lowest BCUT2D eigenvalue weighted by Crippen LogP contribution is -2.50. The Balaban J connectivity index is 1.28. The summed E-state index contributed by atoms with van der Waals surface area (Å²) < 4.78 is 11.2. The van der Waals surface area contributed by atoms with Gasteiger partial charge in [0.1, 0.15) is 5.60 Å². The topological polar surface area (TPSA) is 87.9 Å². The molecule has 180 valence electrons. The lowest BCUT2D eigenvalue weighted by atomic mass is 10.1. The third-order valence-corrected chi connectivity index (χ3v) is 5.45. The monoisotopic (exact) mass is 456 g/mol. The summed E-state index contributed by atoms with van der Waals surface area (Å²) in [5.41, 5.74) is 1.71. The van der Waals surface area contributed by atoms with E-state index in [4.69, 9.17) is 9.15 Å².